The number of aromatic nitrogens is 1. The van der Waals surface area contributed by atoms with Gasteiger partial charge in [0.15, 0.2) is 11.5 Å². The number of anilines is 1. The number of rotatable bonds is 7. The lowest BCUT2D eigenvalue weighted by Gasteiger charge is -2.17. The van der Waals surface area contributed by atoms with E-state index in [-0.39, 0.29) is 24.0 Å². The van der Waals surface area contributed by atoms with Crippen LogP contribution < -0.4 is 15.9 Å². The van der Waals surface area contributed by atoms with Gasteiger partial charge in [-0.25, -0.2) is 0 Å². The summed E-state index contributed by atoms with van der Waals surface area (Å²) < 4.78 is 6.78. The predicted octanol–water partition coefficient (Wildman–Crippen LogP) is 3.15. The standard InChI is InChI=1S/C22H30N4O4S/c1-14(2)18(23)20(29)30-13-26-10-11-31-21(26)25-19(28)15-6-8-16(9-7-15)24-17(27)12-22(3,4)5/h6-11,14,18H,12-13,23H2,1-5H3,(H,24,27)/t18-/m0/s1. The number of thiazole rings is 1. The van der Waals surface area contributed by atoms with Crippen molar-refractivity contribution < 1.29 is 19.1 Å². The second-order valence-corrected chi connectivity index (χ2v) is 9.67. The van der Waals surface area contributed by atoms with Crippen LogP contribution in [0.4, 0.5) is 5.69 Å². The van der Waals surface area contributed by atoms with Crippen LogP contribution in [-0.4, -0.2) is 28.4 Å². The van der Waals surface area contributed by atoms with Gasteiger partial charge in [-0.1, -0.05) is 34.6 Å². The Labute approximate surface area is 186 Å². The van der Waals surface area contributed by atoms with E-state index in [2.05, 4.69) is 10.3 Å². The van der Waals surface area contributed by atoms with Crippen LogP contribution in [0.3, 0.4) is 0 Å². The van der Waals surface area contributed by atoms with Crippen molar-refractivity contribution in [2.45, 2.75) is 53.8 Å². The molecule has 0 unspecified atom stereocenters. The van der Waals surface area contributed by atoms with Gasteiger partial charge in [0.1, 0.15) is 6.04 Å². The maximum absolute atomic E-state index is 12.5. The van der Waals surface area contributed by atoms with E-state index in [0.29, 0.717) is 22.5 Å². The maximum Gasteiger partial charge on any atom is 0.324 e. The summed E-state index contributed by atoms with van der Waals surface area (Å²) in [6.07, 6.45) is 2.08. The van der Waals surface area contributed by atoms with Gasteiger partial charge in [-0.15, -0.1) is 11.3 Å². The molecule has 2 amide bonds. The van der Waals surface area contributed by atoms with E-state index in [1.54, 1.807) is 40.4 Å². The summed E-state index contributed by atoms with van der Waals surface area (Å²) in [6, 6.07) is 5.85. The van der Waals surface area contributed by atoms with Crippen LogP contribution in [0.1, 0.15) is 51.4 Å². The quantitative estimate of drug-likeness (QED) is 0.634. The van der Waals surface area contributed by atoms with Crippen molar-refractivity contribution in [2.24, 2.45) is 22.1 Å². The highest BCUT2D eigenvalue weighted by molar-refractivity contribution is 7.07. The Balaban J connectivity index is 2.04. The Morgan fingerprint density at radius 2 is 1.84 bits per heavy atom. The fourth-order valence-electron chi connectivity index (χ4n) is 2.52. The summed E-state index contributed by atoms with van der Waals surface area (Å²) >= 11 is 1.25. The molecule has 2 aromatic rings. The van der Waals surface area contributed by atoms with Crippen LogP contribution >= 0.6 is 11.3 Å². The van der Waals surface area contributed by atoms with Crippen LogP contribution in [-0.2, 0) is 21.1 Å². The van der Waals surface area contributed by atoms with Gasteiger partial charge in [0.2, 0.25) is 5.91 Å². The third-order valence-corrected chi connectivity index (χ3v) is 5.09. The zero-order valence-corrected chi connectivity index (χ0v) is 19.4. The van der Waals surface area contributed by atoms with E-state index in [9.17, 15) is 14.4 Å². The van der Waals surface area contributed by atoms with Crippen LogP contribution in [0.15, 0.2) is 40.8 Å². The SMILES string of the molecule is CC(C)[C@H](N)C(=O)OCn1ccsc1=NC(=O)c1ccc(NC(=O)CC(C)(C)C)cc1. The van der Waals surface area contributed by atoms with Crippen LogP contribution in [0.5, 0.6) is 0 Å². The molecular formula is C22H30N4O4S. The van der Waals surface area contributed by atoms with E-state index in [0.717, 1.165) is 0 Å². The van der Waals surface area contributed by atoms with Gasteiger partial charge in [-0.05, 0) is 35.6 Å². The third-order valence-electron chi connectivity index (χ3n) is 4.30. The molecular weight excluding hydrogens is 416 g/mol. The number of carbonyl (C=O) groups is 3. The molecule has 1 aromatic carbocycles. The van der Waals surface area contributed by atoms with Gasteiger partial charge in [0, 0.05) is 29.2 Å². The van der Waals surface area contributed by atoms with E-state index in [4.69, 9.17) is 10.5 Å². The first-order valence-electron chi connectivity index (χ1n) is 10.0. The largest absolute Gasteiger partial charge is 0.443 e. The lowest BCUT2D eigenvalue weighted by molar-refractivity contribution is -0.150. The first-order chi connectivity index (χ1) is 14.5. The first-order valence-corrected chi connectivity index (χ1v) is 10.9. The Morgan fingerprint density at radius 1 is 1.19 bits per heavy atom. The molecule has 8 nitrogen and oxygen atoms in total. The van der Waals surface area contributed by atoms with Gasteiger partial charge in [-0.2, -0.15) is 4.99 Å². The minimum Gasteiger partial charge on any atom is -0.443 e. The Morgan fingerprint density at radius 3 is 2.42 bits per heavy atom. The topological polar surface area (TPSA) is 116 Å². The highest BCUT2D eigenvalue weighted by Crippen LogP contribution is 2.20. The van der Waals surface area contributed by atoms with Crippen LogP contribution in [0.25, 0.3) is 0 Å². The number of esters is 1. The molecule has 0 aliphatic heterocycles. The number of carbonyl (C=O) groups excluding carboxylic acids is 3. The zero-order chi connectivity index (χ0) is 23.2. The highest BCUT2D eigenvalue weighted by atomic mass is 32.1. The Bertz CT molecular complexity index is 984. The minimum absolute atomic E-state index is 0.0353. The summed E-state index contributed by atoms with van der Waals surface area (Å²) in [6.45, 7) is 9.58. The fourth-order valence-corrected chi connectivity index (χ4v) is 3.24. The second kappa shape index (κ2) is 10.5. The van der Waals surface area contributed by atoms with Crippen LogP contribution in [0, 0.1) is 11.3 Å². The van der Waals surface area contributed by atoms with Crippen molar-refractivity contribution in [1.82, 2.24) is 4.57 Å². The molecule has 0 fully saturated rings. The van der Waals surface area contributed by atoms with Gasteiger partial charge in [-0.3, -0.25) is 19.0 Å². The maximum atomic E-state index is 12.5. The van der Waals surface area contributed by atoms with E-state index >= 15 is 0 Å². The average Bonchev–Trinajstić information content (AvgIpc) is 3.11. The van der Waals surface area contributed by atoms with E-state index < -0.39 is 17.9 Å². The number of nitrogens with zero attached hydrogens (tertiary/aromatic N) is 2. The summed E-state index contributed by atoms with van der Waals surface area (Å²) in [5.74, 6) is -1.06. The van der Waals surface area contributed by atoms with Gasteiger partial charge >= 0.3 is 5.97 Å². The zero-order valence-electron chi connectivity index (χ0n) is 18.5. The van der Waals surface area contributed by atoms with Crippen molar-refractivity contribution in [3.05, 3.63) is 46.2 Å². The first kappa shape index (κ1) is 24.5. The van der Waals surface area contributed by atoms with Gasteiger partial charge in [0.25, 0.3) is 5.91 Å². The second-order valence-electron chi connectivity index (χ2n) is 8.80. The third kappa shape index (κ3) is 7.76. The van der Waals surface area contributed by atoms with E-state index in [1.807, 2.05) is 34.6 Å². The summed E-state index contributed by atoms with van der Waals surface area (Å²) in [7, 11) is 0. The monoisotopic (exact) mass is 446 g/mol. The number of benzene rings is 1. The van der Waals surface area contributed by atoms with Gasteiger partial charge < -0.3 is 15.8 Å². The Kier molecular flexibility index (Phi) is 8.29. The summed E-state index contributed by atoms with van der Waals surface area (Å²) in [5, 5.41) is 4.57. The molecule has 1 heterocycles. The lowest BCUT2D eigenvalue weighted by Crippen LogP contribution is -2.37. The molecule has 31 heavy (non-hydrogen) atoms. The number of hydrogen-bond donors (Lipinski definition) is 2. The van der Waals surface area contributed by atoms with Gasteiger partial charge in [0.05, 0.1) is 0 Å². The van der Waals surface area contributed by atoms with Crippen molar-refractivity contribution in [2.75, 3.05) is 5.32 Å². The van der Waals surface area contributed by atoms with E-state index in [1.165, 1.54) is 11.3 Å². The van der Waals surface area contributed by atoms with Crippen molar-refractivity contribution in [3.8, 4) is 0 Å². The molecule has 2 rings (SSSR count). The smallest absolute Gasteiger partial charge is 0.324 e. The highest BCUT2D eigenvalue weighted by Gasteiger charge is 2.19. The normalized spacial score (nSPS) is 13.2. The van der Waals surface area contributed by atoms with Crippen LogP contribution in [0.2, 0.25) is 0 Å². The molecule has 0 bridgehead atoms. The average molecular weight is 447 g/mol. The summed E-state index contributed by atoms with van der Waals surface area (Å²) in [4.78, 5) is 41.0. The van der Waals surface area contributed by atoms with Crippen molar-refractivity contribution in [1.29, 1.82) is 0 Å². The molecule has 0 aliphatic carbocycles. The minimum atomic E-state index is -0.705. The molecule has 168 valence electrons. The lowest BCUT2D eigenvalue weighted by atomic mass is 9.92. The number of nitrogens with one attached hydrogen (secondary N) is 1. The number of hydrogen-bond acceptors (Lipinski definition) is 6. The molecule has 1 aromatic heterocycles. The number of amides is 2. The van der Waals surface area contributed by atoms with Crippen molar-refractivity contribution in [3.63, 3.8) is 0 Å². The fraction of sp³-hybridized carbons (Fsp3) is 0.455. The molecule has 0 saturated heterocycles. The molecule has 0 saturated carbocycles. The molecule has 0 radical (unpaired) electrons. The molecule has 3 N–H and O–H groups in total. The molecule has 9 heteroatoms. The molecule has 1 atom stereocenters. The van der Waals surface area contributed by atoms with Crippen molar-refractivity contribution >= 4 is 34.8 Å². The number of ether oxygens (including phenoxy) is 1. The molecule has 0 aliphatic rings. The molecule has 0 spiro atoms. The summed E-state index contributed by atoms with van der Waals surface area (Å²) in [5.41, 5.74) is 6.67. The predicted molar refractivity (Wildman–Crippen MR) is 120 cm³/mol. The number of nitrogens with two attached hydrogens (primary N) is 1. The Hall–Kier alpha value is -2.78.